The molecule has 1 aromatic carbocycles. The van der Waals surface area contributed by atoms with Crippen molar-refractivity contribution >= 4 is 11.6 Å². The summed E-state index contributed by atoms with van der Waals surface area (Å²) in [6.45, 7) is 2.12. The Labute approximate surface area is 109 Å². The number of hydrogen-bond acceptors (Lipinski definition) is 4. The molecule has 1 unspecified atom stereocenters. The van der Waals surface area contributed by atoms with E-state index in [-0.39, 0.29) is 24.6 Å². The van der Waals surface area contributed by atoms with Gasteiger partial charge in [-0.15, -0.1) is 0 Å². The number of rotatable bonds is 6. The molecular weight excluding hydrogens is 255 g/mol. The van der Waals surface area contributed by atoms with Crippen LogP contribution in [-0.4, -0.2) is 29.1 Å². The van der Waals surface area contributed by atoms with Crippen LogP contribution in [0.2, 0.25) is 0 Å². The molecule has 0 heterocycles. The van der Waals surface area contributed by atoms with E-state index >= 15 is 0 Å². The lowest BCUT2D eigenvalue weighted by molar-refractivity contribution is -0.385. The molecule has 19 heavy (non-hydrogen) atoms. The summed E-state index contributed by atoms with van der Waals surface area (Å²) in [7, 11) is 0. The third kappa shape index (κ3) is 4.29. The summed E-state index contributed by atoms with van der Waals surface area (Å²) in [5, 5.41) is 22.0. The van der Waals surface area contributed by atoms with Gasteiger partial charge in [0.15, 0.2) is 0 Å². The maximum Gasteiger partial charge on any atom is 0.285 e. The van der Waals surface area contributed by atoms with Crippen molar-refractivity contribution in [3.05, 3.63) is 39.7 Å². The Morgan fingerprint density at radius 1 is 1.58 bits per heavy atom. The van der Waals surface area contributed by atoms with E-state index in [1.54, 1.807) is 0 Å². The van der Waals surface area contributed by atoms with Crippen LogP contribution in [0.5, 0.6) is 0 Å². The van der Waals surface area contributed by atoms with Gasteiger partial charge in [0.25, 0.3) is 11.6 Å². The van der Waals surface area contributed by atoms with Gasteiger partial charge in [-0.3, -0.25) is 14.9 Å². The number of aliphatic hydroxyl groups excluding tert-OH is 1. The number of carbonyl (C=O) groups excluding carboxylic acids is 1. The summed E-state index contributed by atoms with van der Waals surface area (Å²) in [6.07, 6.45) is 0.520. The molecular formula is C12H15FN2O4. The number of nitrogens with zero attached hydrogens (tertiary/aromatic N) is 1. The molecule has 0 bridgehead atoms. The van der Waals surface area contributed by atoms with Gasteiger partial charge in [0.1, 0.15) is 11.4 Å². The van der Waals surface area contributed by atoms with E-state index in [9.17, 15) is 19.3 Å². The zero-order valence-corrected chi connectivity index (χ0v) is 10.4. The standard InChI is InChI=1S/C12H15FN2O4/c1-8(4-5-16)7-14-12(17)10-3-2-9(13)6-11(10)15(18)19/h2-3,6,8,16H,4-5,7H2,1H3,(H,14,17). The van der Waals surface area contributed by atoms with Crippen LogP contribution >= 0.6 is 0 Å². The summed E-state index contributed by atoms with van der Waals surface area (Å²) >= 11 is 0. The smallest absolute Gasteiger partial charge is 0.285 e. The Hall–Kier alpha value is -2.02. The molecule has 1 atom stereocenters. The molecule has 0 aliphatic carbocycles. The predicted molar refractivity (Wildman–Crippen MR) is 66.3 cm³/mol. The molecule has 0 aliphatic heterocycles. The maximum atomic E-state index is 12.9. The minimum absolute atomic E-state index is 0.00767. The van der Waals surface area contributed by atoms with Gasteiger partial charge < -0.3 is 10.4 Å². The molecule has 0 spiro atoms. The molecule has 1 aromatic rings. The molecule has 0 radical (unpaired) electrons. The summed E-state index contributed by atoms with van der Waals surface area (Å²) in [4.78, 5) is 21.7. The second-order valence-electron chi connectivity index (χ2n) is 4.25. The normalized spacial score (nSPS) is 11.9. The van der Waals surface area contributed by atoms with E-state index in [0.29, 0.717) is 12.5 Å². The summed E-state index contributed by atoms with van der Waals surface area (Å²) < 4.78 is 12.9. The van der Waals surface area contributed by atoms with Crippen LogP contribution in [0.15, 0.2) is 18.2 Å². The van der Waals surface area contributed by atoms with Gasteiger partial charge in [-0.1, -0.05) is 6.92 Å². The number of nitro benzene ring substituents is 1. The number of nitro groups is 1. The van der Waals surface area contributed by atoms with Crippen molar-refractivity contribution < 1.29 is 19.2 Å². The second-order valence-corrected chi connectivity index (χ2v) is 4.25. The zero-order valence-electron chi connectivity index (χ0n) is 10.4. The molecule has 7 heteroatoms. The van der Waals surface area contributed by atoms with Gasteiger partial charge in [-0.25, -0.2) is 4.39 Å². The van der Waals surface area contributed by atoms with Crippen LogP contribution in [0.1, 0.15) is 23.7 Å². The van der Waals surface area contributed by atoms with Crippen molar-refractivity contribution in [3.63, 3.8) is 0 Å². The average molecular weight is 270 g/mol. The lowest BCUT2D eigenvalue weighted by Crippen LogP contribution is -2.29. The summed E-state index contributed by atoms with van der Waals surface area (Å²) in [5.74, 6) is -1.35. The molecule has 6 nitrogen and oxygen atoms in total. The Balaban J connectivity index is 2.79. The molecule has 0 saturated heterocycles. The first-order valence-electron chi connectivity index (χ1n) is 5.78. The van der Waals surface area contributed by atoms with Crippen molar-refractivity contribution in [2.24, 2.45) is 5.92 Å². The van der Waals surface area contributed by atoms with Crippen LogP contribution < -0.4 is 5.32 Å². The highest BCUT2D eigenvalue weighted by molar-refractivity contribution is 5.98. The van der Waals surface area contributed by atoms with Crippen LogP contribution in [-0.2, 0) is 0 Å². The number of amides is 1. The zero-order chi connectivity index (χ0) is 14.4. The minimum atomic E-state index is -0.796. The summed E-state index contributed by atoms with van der Waals surface area (Å²) in [6, 6.07) is 2.80. The Bertz CT molecular complexity index is 479. The third-order valence-corrected chi connectivity index (χ3v) is 2.63. The van der Waals surface area contributed by atoms with Gasteiger partial charge in [0.05, 0.1) is 11.0 Å². The number of hydrogen-bond donors (Lipinski definition) is 2. The lowest BCUT2D eigenvalue weighted by atomic mass is 10.1. The Morgan fingerprint density at radius 2 is 2.26 bits per heavy atom. The summed E-state index contributed by atoms with van der Waals surface area (Å²) in [5.41, 5.74) is -0.741. The number of halogens is 1. The molecule has 0 saturated carbocycles. The fourth-order valence-corrected chi connectivity index (χ4v) is 1.53. The lowest BCUT2D eigenvalue weighted by Gasteiger charge is -2.11. The average Bonchev–Trinajstić information content (AvgIpc) is 2.36. The number of aliphatic hydroxyl groups is 1. The fraction of sp³-hybridized carbons (Fsp3) is 0.417. The molecule has 0 aliphatic rings. The van der Waals surface area contributed by atoms with Gasteiger partial charge in [-0.2, -0.15) is 0 Å². The van der Waals surface area contributed by atoms with Gasteiger partial charge >= 0.3 is 0 Å². The second kappa shape index (κ2) is 6.79. The third-order valence-electron chi connectivity index (χ3n) is 2.63. The van der Waals surface area contributed by atoms with E-state index in [4.69, 9.17) is 5.11 Å². The molecule has 1 rings (SSSR count). The van der Waals surface area contributed by atoms with Gasteiger partial charge in [0, 0.05) is 13.2 Å². The van der Waals surface area contributed by atoms with Crippen molar-refractivity contribution in [1.82, 2.24) is 5.32 Å². The van der Waals surface area contributed by atoms with Crippen LogP contribution in [0.25, 0.3) is 0 Å². The highest BCUT2D eigenvalue weighted by atomic mass is 19.1. The highest BCUT2D eigenvalue weighted by Gasteiger charge is 2.21. The maximum absolute atomic E-state index is 12.9. The Morgan fingerprint density at radius 3 is 2.84 bits per heavy atom. The Kier molecular flexibility index (Phi) is 5.37. The molecule has 2 N–H and O–H groups in total. The fourth-order valence-electron chi connectivity index (χ4n) is 1.53. The van der Waals surface area contributed by atoms with E-state index in [1.165, 1.54) is 0 Å². The first kappa shape index (κ1) is 15.0. The van der Waals surface area contributed by atoms with Crippen molar-refractivity contribution in [3.8, 4) is 0 Å². The van der Waals surface area contributed by atoms with Gasteiger partial charge in [-0.05, 0) is 24.5 Å². The minimum Gasteiger partial charge on any atom is -0.396 e. The molecule has 1 amide bonds. The van der Waals surface area contributed by atoms with Crippen molar-refractivity contribution in [2.45, 2.75) is 13.3 Å². The SMILES string of the molecule is CC(CCO)CNC(=O)c1ccc(F)cc1[N+](=O)[O-]. The van der Waals surface area contributed by atoms with Crippen molar-refractivity contribution in [1.29, 1.82) is 0 Å². The van der Waals surface area contributed by atoms with E-state index in [0.717, 1.165) is 12.1 Å². The number of nitrogens with one attached hydrogen (secondary N) is 1. The van der Waals surface area contributed by atoms with Crippen LogP contribution in [0.4, 0.5) is 10.1 Å². The predicted octanol–water partition coefficient (Wildman–Crippen LogP) is 1.48. The first-order valence-corrected chi connectivity index (χ1v) is 5.78. The molecule has 0 fully saturated rings. The monoisotopic (exact) mass is 270 g/mol. The first-order chi connectivity index (χ1) is 8.95. The quantitative estimate of drug-likeness (QED) is 0.605. The van der Waals surface area contributed by atoms with E-state index in [2.05, 4.69) is 5.32 Å². The largest absolute Gasteiger partial charge is 0.396 e. The van der Waals surface area contributed by atoms with Crippen molar-refractivity contribution in [2.75, 3.05) is 13.2 Å². The van der Waals surface area contributed by atoms with E-state index < -0.39 is 22.3 Å². The van der Waals surface area contributed by atoms with Crippen LogP contribution in [0.3, 0.4) is 0 Å². The highest BCUT2D eigenvalue weighted by Crippen LogP contribution is 2.19. The molecule has 104 valence electrons. The number of benzene rings is 1. The molecule has 0 aromatic heterocycles. The van der Waals surface area contributed by atoms with Crippen LogP contribution in [0, 0.1) is 21.8 Å². The van der Waals surface area contributed by atoms with E-state index in [1.807, 2.05) is 6.92 Å². The van der Waals surface area contributed by atoms with Gasteiger partial charge in [0.2, 0.25) is 0 Å². The topological polar surface area (TPSA) is 92.5 Å². The number of carbonyl (C=O) groups is 1.